The minimum absolute atomic E-state index is 0.270. The molecule has 1 fully saturated rings. The normalized spacial score (nSPS) is 17.1. The summed E-state index contributed by atoms with van der Waals surface area (Å²) in [6.45, 7) is 5.06. The molecule has 1 aromatic heterocycles. The minimum Gasteiger partial charge on any atom is -0.491 e. The Labute approximate surface area is 97.2 Å². The van der Waals surface area contributed by atoms with Gasteiger partial charge in [-0.05, 0) is 32.3 Å². The topological polar surface area (TPSA) is 34.1 Å². The number of hydrogen-bond acceptors (Lipinski definition) is 3. The molecule has 1 aliphatic carbocycles. The van der Waals surface area contributed by atoms with E-state index in [1.807, 2.05) is 18.3 Å². The third kappa shape index (κ3) is 3.49. The van der Waals surface area contributed by atoms with Gasteiger partial charge in [-0.2, -0.15) is 0 Å². The number of hydrogen-bond donors (Lipinski definition) is 1. The Kier molecular flexibility index (Phi) is 3.78. The molecule has 16 heavy (non-hydrogen) atoms. The number of rotatable bonds is 6. The van der Waals surface area contributed by atoms with E-state index in [0.29, 0.717) is 0 Å². The molecule has 88 valence electrons. The van der Waals surface area contributed by atoms with Crippen LogP contribution in [0.15, 0.2) is 18.3 Å². The van der Waals surface area contributed by atoms with Crippen molar-refractivity contribution in [2.75, 3.05) is 0 Å². The second-order valence-corrected chi connectivity index (χ2v) is 4.47. The van der Waals surface area contributed by atoms with E-state index in [4.69, 9.17) is 4.74 Å². The summed E-state index contributed by atoms with van der Waals surface area (Å²) in [5.74, 6) is 0.928. The van der Waals surface area contributed by atoms with Gasteiger partial charge in [0.05, 0.1) is 11.8 Å². The van der Waals surface area contributed by atoms with Gasteiger partial charge in [-0.25, -0.2) is 0 Å². The summed E-state index contributed by atoms with van der Waals surface area (Å²) < 4.78 is 5.76. The Morgan fingerprint density at radius 2 is 2.38 bits per heavy atom. The van der Waals surface area contributed by atoms with Crippen molar-refractivity contribution in [2.45, 2.75) is 51.8 Å². The van der Waals surface area contributed by atoms with Crippen molar-refractivity contribution in [3.05, 3.63) is 24.0 Å². The lowest BCUT2D eigenvalue weighted by molar-refractivity contribution is 0.217. The number of aromatic nitrogens is 1. The van der Waals surface area contributed by atoms with E-state index < -0.39 is 0 Å². The molecule has 0 spiro atoms. The Morgan fingerprint density at radius 1 is 1.56 bits per heavy atom. The van der Waals surface area contributed by atoms with Crippen molar-refractivity contribution in [2.24, 2.45) is 0 Å². The number of nitrogens with zero attached hydrogens (tertiary/aromatic N) is 1. The summed E-state index contributed by atoms with van der Waals surface area (Å²) >= 11 is 0. The van der Waals surface area contributed by atoms with E-state index in [0.717, 1.165) is 30.5 Å². The molecule has 1 atom stereocenters. The zero-order valence-electron chi connectivity index (χ0n) is 10.1. The Morgan fingerprint density at radius 3 is 3.06 bits per heavy atom. The zero-order valence-corrected chi connectivity index (χ0v) is 10.1. The summed E-state index contributed by atoms with van der Waals surface area (Å²) in [4.78, 5) is 4.33. The van der Waals surface area contributed by atoms with Crippen LogP contribution in [0, 0.1) is 0 Å². The van der Waals surface area contributed by atoms with Crippen molar-refractivity contribution < 1.29 is 4.74 Å². The molecule has 1 unspecified atom stereocenters. The molecule has 3 nitrogen and oxygen atoms in total. The Hall–Kier alpha value is -1.09. The molecular weight excluding hydrogens is 200 g/mol. The standard InChI is InChI=1S/C13H20N2O/c1-3-10(2)16-13-6-7-14-12(8-13)9-15-11-4-5-11/h6-8,10-11,15H,3-5,9H2,1-2H3. The van der Waals surface area contributed by atoms with Gasteiger partial charge in [0, 0.05) is 24.8 Å². The highest BCUT2D eigenvalue weighted by Crippen LogP contribution is 2.20. The van der Waals surface area contributed by atoms with Gasteiger partial charge in [-0.15, -0.1) is 0 Å². The van der Waals surface area contributed by atoms with Crippen LogP contribution in [0.2, 0.25) is 0 Å². The van der Waals surface area contributed by atoms with Crippen LogP contribution in [-0.2, 0) is 6.54 Å². The monoisotopic (exact) mass is 220 g/mol. The van der Waals surface area contributed by atoms with E-state index in [2.05, 4.69) is 24.1 Å². The van der Waals surface area contributed by atoms with E-state index in [1.54, 1.807) is 0 Å². The van der Waals surface area contributed by atoms with Crippen LogP contribution >= 0.6 is 0 Å². The maximum atomic E-state index is 5.76. The van der Waals surface area contributed by atoms with Crippen LogP contribution in [0.5, 0.6) is 5.75 Å². The predicted molar refractivity (Wildman–Crippen MR) is 64.5 cm³/mol. The minimum atomic E-state index is 0.270. The molecule has 0 radical (unpaired) electrons. The average molecular weight is 220 g/mol. The lowest BCUT2D eigenvalue weighted by Gasteiger charge is -2.13. The van der Waals surface area contributed by atoms with Crippen molar-refractivity contribution in [3.8, 4) is 5.75 Å². The van der Waals surface area contributed by atoms with Crippen LogP contribution in [0.3, 0.4) is 0 Å². The highest BCUT2D eigenvalue weighted by Gasteiger charge is 2.20. The van der Waals surface area contributed by atoms with Crippen molar-refractivity contribution in [1.82, 2.24) is 10.3 Å². The SMILES string of the molecule is CCC(C)Oc1ccnc(CNC2CC2)c1. The molecule has 3 heteroatoms. The molecule has 1 N–H and O–H groups in total. The summed E-state index contributed by atoms with van der Waals surface area (Å²) in [5.41, 5.74) is 1.06. The molecule has 2 rings (SSSR count). The van der Waals surface area contributed by atoms with Gasteiger partial charge < -0.3 is 10.1 Å². The second kappa shape index (κ2) is 5.30. The quantitative estimate of drug-likeness (QED) is 0.800. The lowest BCUT2D eigenvalue weighted by atomic mass is 10.3. The third-order valence-electron chi connectivity index (χ3n) is 2.85. The maximum Gasteiger partial charge on any atom is 0.123 e. The molecule has 1 aliphatic rings. The van der Waals surface area contributed by atoms with Gasteiger partial charge in [0.15, 0.2) is 0 Å². The van der Waals surface area contributed by atoms with E-state index in [-0.39, 0.29) is 6.10 Å². The van der Waals surface area contributed by atoms with Crippen LogP contribution in [0.25, 0.3) is 0 Å². The highest BCUT2D eigenvalue weighted by molar-refractivity contribution is 5.22. The van der Waals surface area contributed by atoms with Crippen LogP contribution in [0.1, 0.15) is 38.8 Å². The molecule has 0 bridgehead atoms. The average Bonchev–Trinajstić information content (AvgIpc) is 3.10. The van der Waals surface area contributed by atoms with Gasteiger partial charge in [-0.1, -0.05) is 6.92 Å². The van der Waals surface area contributed by atoms with Crippen LogP contribution < -0.4 is 10.1 Å². The Bertz CT molecular complexity index is 336. The fraction of sp³-hybridized carbons (Fsp3) is 0.615. The fourth-order valence-corrected chi connectivity index (χ4v) is 1.48. The zero-order chi connectivity index (χ0) is 11.4. The lowest BCUT2D eigenvalue weighted by Crippen LogP contribution is -2.16. The van der Waals surface area contributed by atoms with Crippen molar-refractivity contribution in [1.29, 1.82) is 0 Å². The van der Waals surface area contributed by atoms with Gasteiger partial charge in [0.2, 0.25) is 0 Å². The van der Waals surface area contributed by atoms with Crippen LogP contribution in [0.4, 0.5) is 0 Å². The molecule has 0 amide bonds. The summed E-state index contributed by atoms with van der Waals surface area (Å²) in [6, 6.07) is 4.68. The summed E-state index contributed by atoms with van der Waals surface area (Å²) in [6.07, 6.45) is 5.73. The van der Waals surface area contributed by atoms with Gasteiger partial charge in [-0.3, -0.25) is 4.98 Å². The molecule has 0 aliphatic heterocycles. The maximum absolute atomic E-state index is 5.76. The molecule has 1 heterocycles. The third-order valence-corrected chi connectivity index (χ3v) is 2.85. The molecule has 0 saturated heterocycles. The van der Waals surface area contributed by atoms with Crippen molar-refractivity contribution >= 4 is 0 Å². The Balaban J connectivity index is 1.89. The first kappa shape index (κ1) is 11.4. The molecular formula is C13H20N2O. The first-order valence-electron chi connectivity index (χ1n) is 6.13. The largest absolute Gasteiger partial charge is 0.491 e. The van der Waals surface area contributed by atoms with E-state index in [1.165, 1.54) is 12.8 Å². The van der Waals surface area contributed by atoms with Gasteiger partial charge >= 0.3 is 0 Å². The summed E-state index contributed by atoms with van der Waals surface area (Å²) in [5, 5.41) is 3.45. The van der Waals surface area contributed by atoms with Crippen molar-refractivity contribution in [3.63, 3.8) is 0 Å². The molecule has 1 saturated carbocycles. The summed E-state index contributed by atoms with van der Waals surface area (Å²) in [7, 11) is 0. The van der Waals surface area contributed by atoms with Crippen LogP contribution in [-0.4, -0.2) is 17.1 Å². The first-order chi connectivity index (χ1) is 7.78. The second-order valence-electron chi connectivity index (χ2n) is 4.47. The van der Waals surface area contributed by atoms with E-state index in [9.17, 15) is 0 Å². The smallest absolute Gasteiger partial charge is 0.123 e. The fourth-order valence-electron chi connectivity index (χ4n) is 1.48. The molecule has 0 aromatic carbocycles. The number of nitrogens with one attached hydrogen (secondary N) is 1. The number of ether oxygens (including phenoxy) is 1. The predicted octanol–water partition coefficient (Wildman–Crippen LogP) is 2.51. The highest BCUT2D eigenvalue weighted by atomic mass is 16.5. The molecule has 1 aromatic rings. The number of pyridine rings is 1. The van der Waals surface area contributed by atoms with Gasteiger partial charge in [0.1, 0.15) is 5.75 Å². The van der Waals surface area contributed by atoms with E-state index >= 15 is 0 Å². The first-order valence-corrected chi connectivity index (χ1v) is 6.13. The van der Waals surface area contributed by atoms with Gasteiger partial charge in [0.25, 0.3) is 0 Å².